The Morgan fingerprint density at radius 2 is 1.89 bits per heavy atom. The number of hydrogen-bond donors (Lipinski definition) is 1. The van der Waals surface area contributed by atoms with Gasteiger partial charge in [0.25, 0.3) is 0 Å². The molecular formula is C13H24N2O3. The quantitative estimate of drug-likeness (QED) is 0.760. The van der Waals surface area contributed by atoms with Crippen molar-refractivity contribution in [2.45, 2.75) is 52.1 Å². The molecule has 0 atom stereocenters. The van der Waals surface area contributed by atoms with Gasteiger partial charge in [0.2, 0.25) is 5.91 Å². The Bertz CT molecular complexity index is 307. The third-order valence-corrected chi connectivity index (χ3v) is 3.29. The molecule has 0 bridgehead atoms. The van der Waals surface area contributed by atoms with Gasteiger partial charge in [0.15, 0.2) is 0 Å². The number of likely N-dealkylation sites (tertiary alicyclic amines) is 1. The predicted molar refractivity (Wildman–Crippen MR) is 69.1 cm³/mol. The molecule has 1 N–H and O–H groups in total. The summed E-state index contributed by atoms with van der Waals surface area (Å²) in [5, 5.41) is 3.33. The van der Waals surface area contributed by atoms with Crippen molar-refractivity contribution in [3.05, 3.63) is 0 Å². The van der Waals surface area contributed by atoms with Crippen molar-refractivity contribution in [2.75, 3.05) is 19.7 Å². The molecule has 1 saturated heterocycles. The maximum atomic E-state index is 12.1. The molecule has 1 aliphatic rings. The van der Waals surface area contributed by atoms with E-state index in [0.717, 1.165) is 0 Å². The van der Waals surface area contributed by atoms with Gasteiger partial charge in [0.1, 0.15) is 5.54 Å². The Hall–Kier alpha value is -1.10. The van der Waals surface area contributed by atoms with E-state index in [1.54, 1.807) is 11.8 Å². The monoisotopic (exact) mass is 256 g/mol. The normalized spacial score (nSPS) is 18.8. The van der Waals surface area contributed by atoms with Gasteiger partial charge in [-0.25, -0.2) is 0 Å². The predicted octanol–water partition coefficient (Wildman–Crippen LogP) is 0.929. The number of hydrogen-bond acceptors (Lipinski definition) is 4. The standard InChI is InChI=1S/C13H24N2O3/c1-5-18-12(17)13(14-10(2)3)6-8-15(9-7-13)11(4)16/h10,14H,5-9H2,1-4H3. The van der Waals surface area contributed by atoms with Gasteiger partial charge in [-0.05, 0) is 33.6 Å². The number of nitrogens with one attached hydrogen (secondary N) is 1. The minimum atomic E-state index is -0.629. The van der Waals surface area contributed by atoms with Crippen LogP contribution in [0.15, 0.2) is 0 Å². The Morgan fingerprint density at radius 1 is 1.33 bits per heavy atom. The average Bonchev–Trinajstić information content (AvgIpc) is 2.29. The van der Waals surface area contributed by atoms with Gasteiger partial charge in [-0.1, -0.05) is 0 Å². The Morgan fingerprint density at radius 3 is 2.28 bits per heavy atom. The lowest BCUT2D eigenvalue weighted by atomic mass is 9.86. The van der Waals surface area contributed by atoms with Crippen LogP contribution in [0.3, 0.4) is 0 Å². The molecule has 0 saturated carbocycles. The van der Waals surface area contributed by atoms with Crippen molar-refractivity contribution in [3.8, 4) is 0 Å². The maximum Gasteiger partial charge on any atom is 0.326 e. The summed E-state index contributed by atoms with van der Waals surface area (Å²) < 4.78 is 5.18. The third kappa shape index (κ3) is 3.45. The number of piperidine rings is 1. The summed E-state index contributed by atoms with van der Waals surface area (Å²) in [5.41, 5.74) is -0.629. The number of rotatable bonds is 4. The van der Waals surface area contributed by atoms with Crippen molar-refractivity contribution in [3.63, 3.8) is 0 Å². The number of nitrogens with zero attached hydrogens (tertiary/aromatic N) is 1. The number of carbonyl (C=O) groups is 2. The molecule has 0 aromatic heterocycles. The first-order valence-electron chi connectivity index (χ1n) is 6.61. The number of ether oxygens (including phenoxy) is 1. The molecule has 0 aliphatic carbocycles. The molecule has 18 heavy (non-hydrogen) atoms. The Kier molecular flexibility index (Phi) is 5.14. The zero-order valence-corrected chi connectivity index (χ0v) is 11.8. The van der Waals surface area contributed by atoms with Crippen molar-refractivity contribution in [1.29, 1.82) is 0 Å². The fraction of sp³-hybridized carbons (Fsp3) is 0.846. The molecular weight excluding hydrogens is 232 g/mol. The van der Waals surface area contributed by atoms with Crippen molar-refractivity contribution < 1.29 is 14.3 Å². The zero-order valence-electron chi connectivity index (χ0n) is 11.8. The summed E-state index contributed by atoms with van der Waals surface area (Å²) in [7, 11) is 0. The van der Waals surface area contributed by atoms with Gasteiger partial charge in [-0.2, -0.15) is 0 Å². The molecule has 1 fully saturated rings. The minimum absolute atomic E-state index is 0.0667. The third-order valence-electron chi connectivity index (χ3n) is 3.29. The summed E-state index contributed by atoms with van der Waals surface area (Å²) in [6, 6.07) is 0.207. The number of amides is 1. The zero-order chi connectivity index (χ0) is 13.8. The molecule has 5 heteroatoms. The van der Waals surface area contributed by atoms with E-state index >= 15 is 0 Å². The largest absolute Gasteiger partial charge is 0.465 e. The highest BCUT2D eigenvalue weighted by Crippen LogP contribution is 2.25. The molecule has 0 aromatic rings. The summed E-state index contributed by atoms with van der Waals surface area (Å²) in [5.74, 6) is -0.126. The van der Waals surface area contributed by atoms with Crippen LogP contribution in [0.25, 0.3) is 0 Å². The lowest BCUT2D eigenvalue weighted by Gasteiger charge is -2.41. The molecule has 1 heterocycles. The molecule has 1 amide bonds. The van der Waals surface area contributed by atoms with E-state index in [4.69, 9.17) is 4.74 Å². The van der Waals surface area contributed by atoms with Gasteiger partial charge >= 0.3 is 5.97 Å². The summed E-state index contributed by atoms with van der Waals surface area (Å²) >= 11 is 0. The smallest absolute Gasteiger partial charge is 0.326 e. The second-order valence-corrected chi connectivity index (χ2v) is 5.11. The van der Waals surface area contributed by atoms with E-state index in [-0.39, 0.29) is 17.9 Å². The van der Waals surface area contributed by atoms with Crippen molar-refractivity contribution in [1.82, 2.24) is 10.2 Å². The molecule has 1 aliphatic heterocycles. The Labute approximate surface area is 109 Å². The van der Waals surface area contributed by atoms with Crippen LogP contribution in [0.2, 0.25) is 0 Å². The topological polar surface area (TPSA) is 58.6 Å². The van der Waals surface area contributed by atoms with E-state index in [2.05, 4.69) is 5.32 Å². The van der Waals surface area contributed by atoms with Crippen molar-refractivity contribution >= 4 is 11.9 Å². The van der Waals surface area contributed by atoms with Crippen LogP contribution in [0.4, 0.5) is 0 Å². The van der Waals surface area contributed by atoms with Crippen LogP contribution in [0.1, 0.15) is 40.5 Å². The van der Waals surface area contributed by atoms with Gasteiger partial charge in [-0.3, -0.25) is 14.9 Å². The molecule has 5 nitrogen and oxygen atoms in total. The van der Waals surface area contributed by atoms with Gasteiger partial charge in [0.05, 0.1) is 6.61 Å². The first kappa shape index (κ1) is 15.0. The summed E-state index contributed by atoms with van der Waals surface area (Å²) in [4.78, 5) is 25.2. The van der Waals surface area contributed by atoms with E-state index < -0.39 is 5.54 Å². The van der Waals surface area contributed by atoms with Crippen LogP contribution in [-0.2, 0) is 14.3 Å². The lowest BCUT2D eigenvalue weighted by Crippen LogP contribution is -2.61. The summed E-state index contributed by atoms with van der Waals surface area (Å²) in [6.07, 6.45) is 1.23. The highest BCUT2D eigenvalue weighted by Gasteiger charge is 2.43. The van der Waals surface area contributed by atoms with Crippen LogP contribution in [0.5, 0.6) is 0 Å². The second kappa shape index (κ2) is 6.18. The van der Waals surface area contributed by atoms with Crippen LogP contribution < -0.4 is 5.32 Å². The van der Waals surface area contributed by atoms with E-state index in [0.29, 0.717) is 32.5 Å². The fourth-order valence-electron chi connectivity index (χ4n) is 2.43. The highest BCUT2D eigenvalue weighted by atomic mass is 16.5. The second-order valence-electron chi connectivity index (χ2n) is 5.11. The molecule has 0 unspecified atom stereocenters. The average molecular weight is 256 g/mol. The molecule has 0 spiro atoms. The molecule has 1 rings (SSSR count). The molecule has 0 radical (unpaired) electrons. The van der Waals surface area contributed by atoms with E-state index in [9.17, 15) is 9.59 Å². The van der Waals surface area contributed by atoms with Crippen LogP contribution >= 0.6 is 0 Å². The van der Waals surface area contributed by atoms with Gasteiger partial charge in [-0.15, -0.1) is 0 Å². The SMILES string of the molecule is CCOC(=O)C1(NC(C)C)CCN(C(C)=O)CC1. The van der Waals surface area contributed by atoms with Gasteiger partial charge in [0, 0.05) is 26.1 Å². The summed E-state index contributed by atoms with van der Waals surface area (Å²) in [6.45, 7) is 8.99. The van der Waals surface area contributed by atoms with Crippen molar-refractivity contribution in [2.24, 2.45) is 0 Å². The fourth-order valence-corrected chi connectivity index (χ4v) is 2.43. The highest BCUT2D eigenvalue weighted by molar-refractivity contribution is 5.82. The van der Waals surface area contributed by atoms with Crippen LogP contribution in [-0.4, -0.2) is 48.1 Å². The number of esters is 1. The van der Waals surface area contributed by atoms with E-state index in [1.807, 2.05) is 20.8 Å². The number of carbonyl (C=O) groups excluding carboxylic acids is 2. The maximum absolute atomic E-state index is 12.1. The van der Waals surface area contributed by atoms with Gasteiger partial charge < -0.3 is 9.64 Å². The molecule has 0 aromatic carbocycles. The first-order valence-corrected chi connectivity index (χ1v) is 6.61. The Balaban J connectivity index is 2.75. The van der Waals surface area contributed by atoms with E-state index in [1.165, 1.54) is 0 Å². The van der Waals surface area contributed by atoms with Crippen LogP contribution in [0, 0.1) is 0 Å². The minimum Gasteiger partial charge on any atom is -0.465 e. The first-order chi connectivity index (χ1) is 8.41. The molecule has 104 valence electrons. The lowest BCUT2D eigenvalue weighted by molar-refractivity contribution is -0.155.